The van der Waals surface area contributed by atoms with Gasteiger partial charge in [-0.2, -0.15) is 0 Å². The minimum absolute atomic E-state index is 0.115. The minimum Gasteiger partial charge on any atom is -0.494 e. The topological polar surface area (TPSA) is 93.2 Å². The van der Waals surface area contributed by atoms with Crippen molar-refractivity contribution in [1.29, 1.82) is 0 Å². The van der Waals surface area contributed by atoms with Gasteiger partial charge in [-0.3, -0.25) is 25.4 Å². The Morgan fingerprint density at radius 2 is 1.81 bits per heavy atom. The van der Waals surface area contributed by atoms with Gasteiger partial charge in [0.15, 0.2) is 0 Å². The van der Waals surface area contributed by atoms with Crippen molar-refractivity contribution in [2.45, 2.75) is 6.92 Å². The lowest BCUT2D eigenvalue weighted by atomic mass is 10.2. The third kappa shape index (κ3) is 4.00. The number of hydrazine groups is 1. The Morgan fingerprint density at radius 3 is 2.43 bits per heavy atom. The number of benzene rings is 1. The number of amides is 2. The monoisotopic (exact) mass is 286 g/mol. The molecule has 0 bridgehead atoms. The molecule has 0 atom stereocenters. The quantitative estimate of drug-likeness (QED) is 0.816. The van der Waals surface area contributed by atoms with Crippen LogP contribution in [0.3, 0.4) is 0 Å². The molecular formula is C14H14N4O3. The molecule has 1 aromatic heterocycles. The summed E-state index contributed by atoms with van der Waals surface area (Å²) in [6.45, 7) is 2.43. The number of nitrogens with zero attached hydrogens (tertiary/aromatic N) is 2. The zero-order chi connectivity index (χ0) is 15.1. The standard InChI is InChI=1S/C14H14N4O3/c1-2-21-11-5-3-10(4-6-11)13(19)17-18-14(20)12-9-15-7-8-16-12/h3-9H,2H2,1H3,(H,17,19)(H,18,20). The predicted octanol–water partition coefficient (Wildman–Crippen LogP) is 0.950. The van der Waals surface area contributed by atoms with E-state index in [0.29, 0.717) is 17.9 Å². The Labute approximate surface area is 121 Å². The van der Waals surface area contributed by atoms with Crippen LogP contribution in [0, 0.1) is 0 Å². The summed E-state index contributed by atoms with van der Waals surface area (Å²) in [7, 11) is 0. The molecule has 0 aliphatic rings. The summed E-state index contributed by atoms with van der Waals surface area (Å²) in [4.78, 5) is 31.1. The maximum atomic E-state index is 11.8. The van der Waals surface area contributed by atoms with Crippen molar-refractivity contribution in [3.8, 4) is 5.75 Å². The summed E-state index contributed by atoms with van der Waals surface area (Å²) in [5.74, 6) is -0.296. The molecule has 1 aromatic carbocycles. The highest BCUT2D eigenvalue weighted by molar-refractivity contribution is 5.98. The minimum atomic E-state index is -0.539. The number of hydrogen-bond donors (Lipinski definition) is 2. The molecule has 0 saturated heterocycles. The third-order valence-corrected chi connectivity index (χ3v) is 2.51. The average Bonchev–Trinajstić information content (AvgIpc) is 2.54. The van der Waals surface area contributed by atoms with E-state index in [-0.39, 0.29) is 5.69 Å². The fourth-order valence-corrected chi connectivity index (χ4v) is 1.54. The first-order valence-electron chi connectivity index (χ1n) is 6.30. The SMILES string of the molecule is CCOc1ccc(C(=O)NNC(=O)c2cnccn2)cc1. The van der Waals surface area contributed by atoms with Crippen molar-refractivity contribution in [1.82, 2.24) is 20.8 Å². The van der Waals surface area contributed by atoms with Crippen molar-refractivity contribution >= 4 is 11.8 Å². The normalized spacial score (nSPS) is 9.76. The van der Waals surface area contributed by atoms with Gasteiger partial charge in [0.2, 0.25) is 0 Å². The van der Waals surface area contributed by atoms with Gasteiger partial charge >= 0.3 is 0 Å². The summed E-state index contributed by atoms with van der Waals surface area (Å²) in [5.41, 5.74) is 5.08. The van der Waals surface area contributed by atoms with Crippen molar-refractivity contribution in [2.24, 2.45) is 0 Å². The maximum absolute atomic E-state index is 11.8. The second-order valence-corrected chi connectivity index (χ2v) is 3.96. The van der Waals surface area contributed by atoms with Crippen molar-refractivity contribution in [3.63, 3.8) is 0 Å². The van der Waals surface area contributed by atoms with Gasteiger partial charge in [-0.25, -0.2) is 4.98 Å². The molecule has 0 fully saturated rings. The van der Waals surface area contributed by atoms with E-state index in [1.165, 1.54) is 18.6 Å². The van der Waals surface area contributed by atoms with Gasteiger partial charge in [0.25, 0.3) is 11.8 Å². The predicted molar refractivity (Wildman–Crippen MR) is 74.6 cm³/mol. The molecule has 7 nitrogen and oxygen atoms in total. The van der Waals surface area contributed by atoms with Gasteiger partial charge in [-0.05, 0) is 31.2 Å². The number of carbonyl (C=O) groups excluding carboxylic acids is 2. The zero-order valence-electron chi connectivity index (χ0n) is 11.4. The van der Waals surface area contributed by atoms with Crippen LogP contribution >= 0.6 is 0 Å². The van der Waals surface area contributed by atoms with Gasteiger partial charge in [-0.1, -0.05) is 0 Å². The molecule has 108 valence electrons. The number of carbonyl (C=O) groups is 2. The molecule has 0 aliphatic carbocycles. The molecular weight excluding hydrogens is 272 g/mol. The van der Waals surface area contributed by atoms with E-state index in [1.54, 1.807) is 24.3 Å². The van der Waals surface area contributed by atoms with E-state index in [2.05, 4.69) is 20.8 Å². The van der Waals surface area contributed by atoms with E-state index < -0.39 is 11.8 Å². The Kier molecular flexibility index (Phi) is 4.81. The lowest BCUT2D eigenvalue weighted by Gasteiger charge is -2.07. The maximum Gasteiger partial charge on any atom is 0.289 e. The highest BCUT2D eigenvalue weighted by atomic mass is 16.5. The lowest BCUT2D eigenvalue weighted by Crippen LogP contribution is -2.41. The van der Waals surface area contributed by atoms with Crippen LogP contribution in [0.25, 0.3) is 0 Å². The first kappa shape index (κ1) is 14.4. The first-order chi connectivity index (χ1) is 10.2. The molecule has 0 unspecified atom stereocenters. The molecule has 0 saturated carbocycles. The van der Waals surface area contributed by atoms with Gasteiger partial charge in [0.1, 0.15) is 11.4 Å². The molecule has 1 heterocycles. The summed E-state index contributed by atoms with van der Waals surface area (Å²) in [6.07, 6.45) is 4.15. The van der Waals surface area contributed by atoms with Crippen LogP contribution in [0.4, 0.5) is 0 Å². The first-order valence-corrected chi connectivity index (χ1v) is 6.30. The van der Waals surface area contributed by atoms with Crippen LogP contribution in [-0.4, -0.2) is 28.4 Å². The Morgan fingerprint density at radius 1 is 1.10 bits per heavy atom. The Bertz CT molecular complexity index is 614. The van der Waals surface area contributed by atoms with E-state index in [4.69, 9.17) is 4.74 Å². The highest BCUT2D eigenvalue weighted by Crippen LogP contribution is 2.11. The smallest absolute Gasteiger partial charge is 0.289 e. The molecule has 7 heteroatoms. The fraction of sp³-hybridized carbons (Fsp3) is 0.143. The summed E-state index contributed by atoms with van der Waals surface area (Å²) in [5, 5.41) is 0. The van der Waals surface area contributed by atoms with Crippen LogP contribution in [0.2, 0.25) is 0 Å². The van der Waals surface area contributed by atoms with Crippen LogP contribution in [0.1, 0.15) is 27.8 Å². The van der Waals surface area contributed by atoms with Crippen LogP contribution in [0.15, 0.2) is 42.9 Å². The molecule has 21 heavy (non-hydrogen) atoms. The summed E-state index contributed by atoms with van der Waals surface area (Å²) in [6, 6.07) is 6.58. The molecule has 0 aliphatic heterocycles. The van der Waals surface area contributed by atoms with Crippen molar-refractivity contribution < 1.29 is 14.3 Å². The van der Waals surface area contributed by atoms with Crippen LogP contribution < -0.4 is 15.6 Å². The molecule has 2 aromatic rings. The van der Waals surface area contributed by atoms with E-state index >= 15 is 0 Å². The largest absolute Gasteiger partial charge is 0.494 e. The van der Waals surface area contributed by atoms with Crippen molar-refractivity contribution in [2.75, 3.05) is 6.61 Å². The van der Waals surface area contributed by atoms with Gasteiger partial charge < -0.3 is 4.74 Å². The van der Waals surface area contributed by atoms with E-state index in [0.717, 1.165) is 0 Å². The summed E-state index contributed by atoms with van der Waals surface area (Å²) >= 11 is 0. The van der Waals surface area contributed by atoms with E-state index in [9.17, 15) is 9.59 Å². The summed E-state index contributed by atoms with van der Waals surface area (Å²) < 4.78 is 5.28. The third-order valence-electron chi connectivity index (χ3n) is 2.51. The van der Waals surface area contributed by atoms with Crippen LogP contribution in [0.5, 0.6) is 5.75 Å². The van der Waals surface area contributed by atoms with Crippen LogP contribution in [-0.2, 0) is 0 Å². The molecule has 0 radical (unpaired) electrons. The van der Waals surface area contributed by atoms with E-state index in [1.807, 2.05) is 6.92 Å². The second-order valence-electron chi connectivity index (χ2n) is 3.96. The van der Waals surface area contributed by atoms with Crippen molar-refractivity contribution in [3.05, 3.63) is 54.1 Å². The second kappa shape index (κ2) is 6.99. The highest BCUT2D eigenvalue weighted by Gasteiger charge is 2.10. The molecule has 2 N–H and O–H groups in total. The van der Waals surface area contributed by atoms with Gasteiger partial charge in [0.05, 0.1) is 12.8 Å². The lowest BCUT2D eigenvalue weighted by molar-refractivity contribution is 0.0843. The Balaban J connectivity index is 1.91. The zero-order valence-corrected chi connectivity index (χ0v) is 11.4. The fourth-order valence-electron chi connectivity index (χ4n) is 1.54. The Hall–Kier alpha value is -2.96. The number of ether oxygens (including phenoxy) is 1. The molecule has 2 amide bonds. The number of aromatic nitrogens is 2. The number of nitrogens with one attached hydrogen (secondary N) is 2. The average molecular weight is 286 g/mol. The molecule has 0 spiro atoms. The van der Waals surface area contributed by atoms with Gasteiger partial charge in [-0.15, -0.1) is 0 Å². The number of rotatable bonds is 4. The number of hydrogen-bond acceptors (Lipinski definition) is 5. The van der Waals surface area contributed by atoms with Gasteiger partial charge in [0, 0.05) is 18.0 Å². The molecule has 2 rings (SSSR count).